The molecular weight excluding hydrogens is 527 g/mol. The lowest BCUT2D eigenvalue weighted by Crippen LogP contribution is -2.51. The average molecular weight is 558 g/mol. The highest BCUT2D eigenvalue weighted by molar-refractivity contribution is 9.10. The number of nitrogens with one attached hydrogen (secondary N) is 1. The summed E-state index contributed by atoms with van der Waals surface area (Å²) in [5.41, 5.74) is 2.82. The molecule has 2 aromatic carbocycles. The van der Waals surface area contributed by atoms with E-state index in [-0.39, 0.29) is 31.0 Å². The van der Waals surface area contributed by atoms with Crippen LogP contribution in [0.1, 0.15) is 50.3 Å². The summed E-state index contributed by atoms with van der Waals surface area (Å²) in [7, 11) is 0. The van der Waals surface area contributed by atoms with Crippen LogP contribution in [0, 0.1) is 13.8 Å². The number of hydrogen-bond acceptors (Lipinski definition) is 3. The van der Waals surface area contributed by atoms with Crippen LogP contribution < -0.4 is 10.1 Å². The summed E-state index contributed by atoms with van der Waals surface area (Å²) in [6.45, 7) is 9.79. The van der Waals surface area contributed by atoms with Gasteiger partial charge in [-0.25, -0.2) is 0 Å². The summed E-state index contributed by atoms with van der Waals surface area (Å²) >= 11 is 15.8. The Morgan fingerprint density at radius 2 is 1.70 bits per heavy atom. The molecule has 0 aliphatic rings. The topological polar surface area (TPSA) is 58.6 Å². The second-order valence-electron chi connectivity index (χ2n) is 8.17. The van der Waals surface area contributed by atoms with Gasteiger partial charge in [0.2, 0.25) is 5.91 Å². The van der Waals surface area contributed by atoms with Crippen LogP contribution in [-0.4, -0.2) is 35.4 Å². The number of amides is 2. The van der Waals surface area contributed by atoms with E-state index >= 15 is 0 Å². The SMILES string of the molecule is CC[C@@H](C)NC(=O)[C@H](CC)N(Cc1ccc(Cl)c(Cl)c1)C(=O)COc1cc(C)c(Br)c(C)c1. The van der Waals surface area contributed by atoms with Gasteiger partial charge in [0.1, 0.15) is 11.8 Å². The molecule has 0 saturated carbocycles. The van der Waals surface area contributed by atoms with Gasteiger partial charge in [0.25, 0.3) is 5.91 Å². The van der Waals surface area contributed by atoms with Gasteiger partial charge in [-0.2, -0.15) is 0 Å². The number of carbonyl (C=O) groups is 2. The van der Waals surface area contributed by atoms with Crippen LogP contribution in [0.3, 0.4) is 0 Å². The summed E-state index contributed by atoms with van der Waals surface area (Å²) in [4.78, 5) is 27.9. The van der Waals surface area contributed by atoms with Crippen LogP contribution in [0.4, 0.5) is 0 Å². The van der Waals surface area contributed by atoms with Gasteiger partial charge < -0.3 is 15.0 Å². The molecule has 5 nitrogen and oxygen atoms in total. The fourth-order valence-corrected chi connectivity index (χ4v) is 3.96. The van der Waals surface area contributed by atoms with Gasteiger partial charge in [-0.3, -0.25) is 9.59 Å². The van der Waals surface area contributed by atoms with Gasteiger partial charge in [0.05, 0.1) is 10.0 Å². The zero-order valence-electron chi connectivity index (χ0n) is 19.7. The van der Waals surface area contributed by atoms with E-state index in [1.807, 2.05) is 46.8 Å². The molecule has 0 saturated heterocycles. The van der Waals surface area contributed by atoms with Crippen molar-refractivity contribution in [2.75, 3.05) is 6.61 Å². The van der Waals surface area contributed by atoms with E-state index < -0.39 is 6.04 Å². The van der Waals surface area contributed by atoms with Crippen molar-refractivity contribution in [1.82, 2.24) is 10.2 Å². The normalized spacial score (nSPS) is 12.7. The minimum atomic E-state index is -0.641. The smallest absolute Gasteiger partial charge is 0.261 e. The van der Waals surface area contributed by atoms with Crippen LogP contribution in [0.25, 0.3) is 0 Å². The van der Waals surface area contributed by atoms with Gasteiger partial charge in [-0.1, -0.05) is 59.0 Å². The summed E-state index contributed by atoms with van der Waals surface area (Å²) < 4.78 is 6.84. The van der Waals surface area contributed by atoms with Crippen molar-refractivity contribution in [1.29, 1.82) is 0 Å². The Hall–Kier alpha value is -1.76. The molecule has 0 aliphatic carbocycles. The minimum Gasteiger partial charge on any atom is -0.484 e. The third kappa shape index (κ3) is 7.62. The van der Waals surface area contributed by atoms with E-state index in [1.165, 1.54) is 0 Å². The monoisotopic (exact) mass is 556 g/mol. The van der Waals surface area contributed by atoms with Crippen LogP contribution >= 0.6 is 39.1 Å². The van der Waals surface area contributed by atoms with Crippen molar-refractivity contribution >= 4 is 50.9 Å². The third-order valence-corrected chi connectivity index (χ3v) is 7.49. The first-order valence-electron chi connectivity index (χ1n) is 11.0. The predicted molar refractivity (Wildman–Crippen MR) is 138 cm³/mol. The Balaban J connectivity index is 2.28. The number of benzene rings is 2. The predicted octanol–water partition coefficient (Wildman–Crippen LogP) is 6.47. The first kappa shape index (κ1) is 27.5. The van der Waals surface area contributed by atoms with Crippen LogP contribution in [-0.2, 0) is 16.1 Å². The molecule has 0 radical (unpaired) electrons. The van der Waals surface area contributed by atoms with Gasteiger partial charge in [-0.05, 0) is 74.6 Å². The minimum absolute atomic E-state index is 0.0124. The molecule has 2 atom stereocenters. The molecule has 0 aliphatic heterocycles. The Morgan fingerprint density at radius 1 is 1.06 bits per heavy atom. The molecule has 0 unspecified atom stereocenters. The van der Waals surface area contributed by atoms with Crippen LogP contribution in [0.5, 0.6) is 5.75 Å². The molecule has 33 heavy (non-hydrogen) atoms. The summed E-state index contributed by atoms with van der Waals surface area (Å²) in [6.07, 6.45) is 1.26. The summed E-state index contributed by atoms with van der Waals surface area (Å²) in [6, 6.07) is 8.33. The van der Waals surface area contributed by atoms with E-state index in [0.29, 0.717) is 22.2 Å². The summed E-state index contributed by atoms with van der Waals surface area (Å²) in [5.74, 6) is 0.134. The van der Waals surface area contributed by atoms with Gasteiger partial charge in [0.15, 0.2) is 6.61 Å². The maximum absolute atomic E-state index is 13.3. The maximum atomic E-state index is 13.3. The molecule has 2 rings (SSSR count). The Labute approximate surface area is 214 Å². The third-order valence-electron chi connectivity index (χ3n) is 5.50. The van der Waals surface area contributed by atoms with E-state index in [4.69, 9.17) is 27.9 Å². The molecule has 0 spiro atoms. The molecule has 2 aromatic rings. The van der Waals surface area contributed by atoms with Crippen molar-refractivity contribution < 1.29 is 14.3 Å². The van der Waals surface area contributed by atoms with Gasteiger partial charge in [0, 0.05) is 17.1 Å². The lowest BCUT2D eigenvalue weighted by atomic mass is 10.1. The number of rotatable bonds is 10. The lowest BCUT2D eigenvalue weighted by molar-refractivity contribution is -0.143. The van der Waals surface area contributed by atoms with Crippen LogP contribution in [0.2, 0.25) is 10.0 Å². The van der Waals surface area contributed by atoms with Crippen molar-refractivity contribution in [3.8, 4) is 5.75 Å². The second-order valence-corrected chi connectivity index (χ2v) is 9.78. The Morgan fingerprint density at radius 3 is 2.24 bits per heavy atom. The average Bonchev–Trinajstić information content (AvgIpc) is 2.77. The second kappa shape index (κ2) is 12.6. The first-order chi connectivity index (χ1) is 15.6. The van der Waals surface area contributed by atoms with E-state index in [9.17, 15) is 9.59 Å². The number of ether oxygens (including phenoxy) is 1. The molecule has 8 heteroatoms. The number of halogens is 3. The van der Waals surface area contributed by atoms with Crippen molar-refractivity contribution in [2.24, 2.45) is 0 Å². The molecule has 1 N–H and O–H groups in total. The summed E-state index contributed by atoms with van der Waals surface area (Å²) in [5, 5.41) is 3.82. The number of nitrogens with zero attached hydrogens (tertiary/aromatic N) is 1. The fourth-order valence-electron chi connectivity index (χ4n) is 3.41. The highest BCUT2D eigenvalue weighted by atomic mass is 79.9. The highest BCUT2D eigenvalue weighted by Crippen LogP contribution is 2.27. The molecular formula is C25H31BrCl2N2O3. The Kier molecular flexibility index (Phi) is 10.5. The zero-order chi connectivity index (χ0) is 24.7. The zero-order valence-corrected chi connectivity index (χ0v) is 22.8. The molecule has 0 fully saturated rings. The van der Waals surface area contributed by atoms with Gasteiger partial charge in [-0.15, -0.1) is 0 Å². The fraction of sp³-hybridized carbons (Fsp3) is 0.440. The highest BCUT2D eigenvalue weighted by Gasteiger charge is 2.29. The largest absolute Gasteiger partial charge is 0.484 e. The number of hydrogen-bond donors (Lipinski definition) is 1. The van der Waals surface area contributed by atoms with Gasteiger partial charge >= 0.3 is 0 Å². The molecule has 180 valence electrons. The number of carbonyl (C=O) groups excluding carboxylic acids is 2. The lowest BCUT2D eigenvalue weighted by Gasteiger charge is -2.31. The molecule has 0 aromatic heterocycles. The number of aryl methyl sites for hydroxylation is 2. The van der Waals surface area contributed by atoms with Crippen LogP contribution in [0.15, 0.2) is 34.8 Å². The van der Waals surface area contributed by atoms with Crippen molar-refractivity contribution in [2.45, 2.75) is 66.1 Å². The maximum Gasteiger partial charge on any atom is 0.261 e. The van der Waals surface area contributed by atoms with E-state index in [1.54, 1.807) is 23.1 Å². The quantitative estimate of drug-likeness (QED) is 0.364. The van der Waals surface area contributed by atoms with E-state index in [0.717, 1.165) is 27.6 Å². The van der Waals surface area contributed by atoms with E-state index in [2.05, 4.69) is 21.2 Å². The molecule has 0 heterocycles. The molecule has 0 bridgehead atoms. The Bertz CT molecular complexity index is 977. The molecule has 2 amide bonds. The van der Waals surface area contributed by atoms with Crippen molar-refractivity contribution in [3.05, 3.63) is 61.5 Å². The standard InChI is InChI=1S/C25H31BrCl2N2O3/c1-6-17(5)29-25(32)22(7-2)30(13-18-8-9-20(27)21(28)12-18)23(31)14-33-19-10-15(3)24(26)16(4)11-19/h8-12,17,22H,6-7,13-14H2,1-5H3,(H,29,32)/t17-,22+/m1/s1. The van der Waals surface area contributed by atoms with Crippen molar-refractivity contribution in [3.63, 3.8) is 0 Å². The first-order valence-corrected chi connectivity index (χ1v) is 12.6.